The molecular weight excluding hydrogens is 553 g/mol. The monoisotopic (exact) mass is 581 g/mol. The second-order valence-electron chi connectivity index (χ2n) is 10.8. The molecule has 1 aliphatic heterocycles. The van der Waals surface area contributed by atoms with Gasteiger partial charge in [-0.1, -0.05) is 30.3 Å². The molecule has 1 aliphatic carbocycles. The molecule has 2 aliphatic rings. The van der Waals surface area contributed by atoms with E-state index in [2.05, 4.69) is 35.6 Å². The van der Waals surface area contributed by atoms with Gasteiger partial charge in [0.1, 0.15) is 17.4 Å². The number of hydrogen-bond donors (Lipinski definition) is 1. The molecule has 1 saturated carbocycles. The number of carbonyl (C=O) groups is 2. The van der Waals surface area contributed by atoms with Crippen molar-refractivity contribution in [2.24, 2.45) is 13.0 Å². The predicted octanol–water partition coefficient (Wildman–Crippen LogP) is 3.26. The summed E-state index contributed by atoms with van der Waals surface area (Å²) in [7, 11) is 1.74. The van der Waals surface area contributed by atoms with E-state index in [0.29, 0.717) is 65.9 Å². The van der Waals surface area contributed by atoms with Crippen molar-refractivity contribution >= 4 is 28.6 Å². The number of hydrogen-bond acceptors (Lipinski definition) is 9. The number of oxazole rings is 1. The third-order valence-corrected chi connectivity index (χ3v) is 7.78. The summed E-state index contributed by atoms with van der Waals surface area (Å²) in [5.41, 5.74) is 3.54. The number of rotatable bonds is 7. The Labute approximate surface area is 245 Å². The zero-order chi connectivity index (χ0) is 29.5. The second kappa shape index (κ2) is 11.0. The fraction of sp³-hybridized carbons (Fsp3) is 0.300. The minimum Gasteiger partial charge on any atom is -0.436 e. The van der Waals surface area contributed by atoms with E-state index in [1.165, 1.54) is 4.80 Å². The van der Waals surface area contributed by atoms with Crippen LogP contribution < -0.4 is 5.32 Å². The van der Waals surface area contributed by atoms with E-state index in [0.717, 1.165) is 5.56 Å². The largest absolute Gasteiger partial charge is 0.436 e. The Kier molecular flexibility index (Phi) is 6.86. The van der Waals surface area contributed by atoms with Crippen molar-refractivity contribution in [3.8, 4) is 11.5 Å². The summed E-state index contributed by atoms with van der Waals surface area (Å²) in [5, 5.41) is 15.5. The van der Waals surface area contributed by atoms with E-state index in [1.54, 1.807) is 48.5 Å². The lowest BCUT2D eigenvalue weighted by Crippen LogP contribution is -2.50. The maximum absolute atomic E-state index is 13.5. The fourth-order valence-electron chi connectivity index (χ4n) is 5.39. The first-order valence-electron chi connectivity index (χ1n) is 14.1. The van der Waals surface area contributed by atoms with E-state index in [1.807, 2.05) is 30.3 Å². The molecule has 2 fully saturated rings. The Morgan fingerprint density at radius 1 is 1.05 bits per heavy atom. The molecular formula is C30H28FN9O3. The average molecular weight is 582 g/mol. The van der Waals surface area contributed by atoms with Crippen LogP contribution in [0.25, 0.3) is 22.6 Å². The SMILES string of the molecule is Cn1nnc([C@@H](c2ccccc2)N2CCN(C(=O)c3cc(-c4nc5cc(NC(=O)[C@H]6C[C@@H]6F)ccc5o4)ccn3)CC2)n1. The van der Waals surface area contributed by atoms with Crippen LogP contribution >= 0.6 is 0 Å². The first kappa shape index (κ1) is 26.8. The van der Waals surface area contributed by atoms with E-state index in [-0.39, 0.29) is 24.3 Å². The highest BCUT2D eigenvalue weighted by Gasteiger charge is 2.43. The van der Waals surface area contributed by atoms with Gasteiger partial charge in [0, 0.05) is 43.6 Å². The van der Waals surface area contributed by atoms with E-state index >= 15 is 0 Å². The summed E-state index contributed by atoms with van der Waals surface area (Å²) in [6, 6.07) is 18.3. The van der Waals surface area contributed by atoms with Crippen LogP contribution in [0, 0.1) is 5.92 Å². The smallest absolute Gasteiger partial charge is 0.272 e. The quantitative estimate of drug-likeness (QED) is 0.307. The molecule has 0 bridgehead atoms. The number of fused-ring (bicyclic) bond motifs is 1. The average Bonchev–Trinajstić information content (AvgIpc) is 3.39. The van der Waals surface area contributed by atoms with Crippen molar-refractivity contribution in [2.75, 3.05) is 31.5 Å². The van der Waals surface area contributed by atoms with Gasteiger partial charge in [-0.05, 0) is 47.5 Å². The number of carbonyl (C=O) groups excluding carboxylic acids is 2. The molecule has 5 aromatic rings. The molecule has 218 valence electrons. The molecule has 13 heteroatoms. The van der Waals surface area contributed by atoms with Crippen LogP contribution in [-0.4, -0.2) is 84.1 Å². The highest BCUT2D eigenvalue weighted by Crippen LogP contribution is 2.35. The number of tetrazole rings is 1. The lowest BCUT2D eigenvalue weighted by atomic mass is 10.0. The normalized spacial score (nSPS) is 19.3. The number of amides is 2. The van der Waals surface area contributed by atoms with Crippen LogP contribution in [0.3, 0.4) is 0 Å². The number of benzene rings is 2. The summed E-state index contributed by atoms with van der Waals surface area (Å²) in [4.78, 5) is 40.0. The molecule has 2 aromatic carbocycles. The molecule has 43 heavy (non-hydrogen) atoms. The fourth-order valence-corrected chi connectivity index (χ4v) is 5.39. The Hall–Kier alpha value is -5.04. The highest BCUT2D eigenvalue weighted by atomic mass is 19.1. The van der Waals surface area contributed by atoms with Crippen molar-refractivity contribution in [1.29, 1.82) is 0 Å². The van der Waals surface area contributed by atoms with Crippen LogP contribution in [0.1, 0.15) is 34.3 Å². The molecule has 1 N–H and O–H groups in total. The molecule has 3 atom stereocenters. The van der Waals surface area contributed by atoms with Crippen molar-refractivity contribution < 1.29 is 18.4 Å². The van der Waals surface area contributed by atoms with Gasteiger partial charge in [0.15, 0.2) is 11.4 Å². The first-order chi connectivity index (χ1) is 20.9. The number of alkyl halides is 1. The molecule has 4 heterocycles. The van der Waals surface area contributed by atoms with Crippen molar-refractivity contribution in [2.45, 2.75) is 18.6 Å². The summed E-state index contributed by atoms with van der Waals surface area (Å²) in [6.45, 7) is 2.27. The minimum atomic E-state index is -1.07. The maximum Gasteiger partial charge on any atom is 0.272 e. The molecule has 0 radical (unpaired) electrons. The Balaban J connectivity index is 1.05. The maximum atomic E-state index is 13.5. The number of pyridine rings is 1. The Bertz CT molecular complexity index is 1800. The third kappa shape index (κ3) is 5.46. The summed E-state index contributed by atoms with van der Waals surface area (Å²) in [6.07, 6.45) is 0.755. The Morgan fingerprint density at radius 3 is 2.56 bits per heavy atom. The predicted molar refractivity (Wildman–Crippen MR) is 153 cm³/mol. The number of anilines is 1. The Morgan fingerprint density at radius 2 is 1.84 bits per heavy atom. The number of aryl methyl sites for hydroxylation is 1. The van der Waals surface area contributed by atoms with E-state index in [4.69, 9.17) is 4.42 Å². The summed E-state index contributed by atoms with van der Waals surface area (Å²) in [5.74, 6) is -0.155. The van der Waals surface area contributed by atoms with Crippen LogP contribution in [0.5, 0.6) is 0 Å². The zero-order valence-corrected chi connectivity index (χ0v) is 23.3. The lowest BCUT2D eigenvalue weighted by molar-refractivity contribution is -0.117. The van der Waals surface area contributed by atoms with Gasteiger partial charge in [-0.15, -0.1) is 10.2 Å². The van der Waals surface area contributed by atoms with Gasteiger partial charge in [0.25, 0.3) is 5.91 Å². The van der Waals surface area contributed by atoms with Crippen molar-refractivity contribution in [1.82, 2.24) is 40.0 Å². The van der Waals surface area contributed by atoms with Gasteiger partial charge in [0.2, 0.25) is 11.8 Å². The number of piperazine rings is 1. The zero-order valence-electron chi connectivity index (χ0n) is 23.3. The molecule has 12 nitrogen and oxygen atoms in total. The van der Waals surface area contributed by atoms with Crippen LogP contribution in [0.15, 0.2) is 71.3 Å². The topological polar surface area (TPSA) is 135 Å². The summed E-state index contributed by atoms with van der Waals surface area (Å²) >= 11 is 0. The molecule has 1 saturated heterocycles. The number of halogens is 1. The molecule has 7 rings (SSSR count). The van der Waals surface area contributed by atoms with Crippen molar-refractivity contribution in [3.05, 3.63) is 83.9 Å². The minimum absolute atomic E-state index is 0.170. The van der Waals surface area contributed by atoms with Gasteiger partial charge in [-0.3, -0.25) is 19.5 Å². The second-order valence-corrected chi connectivity index (χ2v) is 10.8. The van der Waals surface area contributed by atoms with Crippen LogP contribution in [-0.2, 0) is 11.8 Å². The molecule has 0 unspecified atom stereocenters. The van der Waals surface area contributed by atoms with Gasteiger partial charge in [-0.25, -0.2) is 9.37 Å². The highest BCUT2D eigenvalue weighted by molar-refractivity contribution is 5.96. The van der Waals surface area contributed by atoms with Crippen LogP contribution in [0.4, 0.5) is 10.1 Å². The van der Waals surface area contributed by atoms with Gasteiger partial charge >= 0.3 is 0 Å². The lowest BCUT2D eigenvalue weighted by Gasteiger charge is -2.38. The number of aromatic nitrogens is 6. The van der Waals surface area contributed by atoms with E-state index in [9.17, 15) is 14.0 Å². The number of nitrogens with zero attached hydrogens (tertiary/aromatic N) is 8. The molecule has 2 amide bonds. The van der Waals surface area contributed by atoms with Crippen LogP contribution in [0.2, 0.25) is 0 Å². The molecule has 3 aromatic heterocycles. The third-order valence-electron chi connectivity index (χ3n) is 7.78. The standard InChI is InChI=1S/C30H28FN9O3/c1-38-36-27(35-37-38)26(18-5-3-2-4-6-18)39-11-13-40(14-12-39)30(42)24-15-19(9-10-32-24)29-34-23-16-20(7-8-25(23)43-29)33-28(41)21-17-22(21)31/h2-10,15-16,21-22,26H,11-14,17H2,1H3,(H,33,41)/t21-,22-,26+/m0/s1. The van der Waals surface area contributed by atoms with Gasteiger partial charge in [0.05, 0.1) is 19.0 Å². The number of nitrogens with one attached hydrogen (secondary N) is 1. The first-order valence-corrected chi connectivity index (χ1v) is 14.1. The van der Waals surface area contributed by atoms with Gasteiger partial charge < -0.3 is 14.6 Å². The van der Waals surface area contributed by atoms with E-state index < -0.39 is 12.1 Å². The molecule has 0 spiro atoms. The van der Waals surface area contributed by atoms with Crippen molar-refractivity contribution in [3.63, 3.8) is 0 Å². The summed E-state index contributed by atoms with van der Waals surface area (Å²) < 4.78 is 19.2. The van der Waals surface area contributed by atoms with Gasteiger partial charge in [-0.2, -0.15) is 4.80 Å².